The van der Waals surface area contributed by atoms with Crippen LogP contribution >= 0.6 is 0 Å². The van der Waals surface area contributed by atoms with E-state index in [9.17, 15) is 5.11 Å². The summed E-state index contributed by atoms with van der Waals surface area (Å²) in [7, 11) is 0. The minimum Gasteiger partial charge on any atom is -0.389 e. The van der Waals surface area contributed by atoms with Crippen LogP contribution in [-0.4, -0.2) is 35.2 Å². The summed E-state index contributed by atoms with van der Waals surface area (Å²) in [5, 5.41) is 10.6. The average Bonchev–Trinajstić information content (AvgIpc) is 2.40. The molecule has 0 bridgehead atoms. The lowest BCUT2D eigenvalue weighted by molar-refractivity contribution is -0.0416. The molecule has 2 rings (SSSR count). The zero-order valence-electron chi connectivity index (χ0n) is 10.7. The van der Waals surface area contributed by atoms with E-state index in [1.807, 2.05) is 0 Å². The second-order valence-electron chi connectivity index (χ2n) is 5.99. The average molecular weight is 225 g/mol. The number of nitrogens with zero attached hydrogens (tertiary/aromatic N) is 1. The van der Waals surface area contributed by atoms with Crippen molar-refractivity contribution in [2.24, 2.45) is 5.92 Å². The normalized spacial score (nSPS) is 27.4. The molecule has 94 valence electrons. The highest BCUT2D eigenvalue weighted by Gasteiger charge is 2.35. The zero-order valence-corrected chi connectivity index (χ0v) is 10.7. The lowest BCUT2D eigenvalue weighted by atomic mass is 9.89. The second kappa shape index (κ2) is 5.50. The van der Waals surface area contributed by atoms with E-state index in [1.165, 1.54) is 51.6 Å². The fourth-order valence-corrected chi connectivity index (χ4v) is 3.36. The van der Waals surface area contributed by atoms with Crippen molar-refractivity contribution >= 4 is 0 Å². The van der Waals surface area contributed by atoms with Crippen LogP contribution in [0.5, 0.6) is 0 Å². The molecule has 2 fully saturated rings. The van der Waals surface area contributed by atoms with Crippen LogP contribution in [0, 0.1) is 5.92 Å². The van der Waals surface area contributed by atoms with Crippen LogP contribution in [0.25, 0.3) is 0 Å². The molecule has 1 N–H and O–H groups in total. The van der Waals surface area contributed by atoms with Crippen LogP contribution in [0.3, 0.4) is 0 Å². The van der Waals surface area contributed by atoms with Gasteiger partial charge in [0.15, 0.2) is 0 Å². The zero-order chi connectivity index (χ0) is 11.4. The summed E-state index contributed by atoms with van der Waals surface area (Å²) in [6, 6.07) is 0. The smallest absolute Gasteiger partial charge is 0.0774 e. The number of hydrogen-bond donors (Lipinski definition) is 1. The van der Waals surface area contributed by atoms with Crippen molar-refractivity contribution in [2.45, 2.75) is 63.9 Å². The van der Waals surface area contributed by atoms with Gasteiger partial charge in [0.1, 0.15) is 0 Å². The fraction of sp³-hybridized carbons (Fsp3) is 1.00. The molecule has 16 heavy (non-hydrogen) atoms. The molecular formula is C14H27NO. The Kier molecular flexibility index (Phi) is 4.26. The van der Waals surface area contributed by atoms with E-state index in [1.54, 1.807) is 0 Å². The van der Waals surface area contributed by atoms with E-state index in [4.69, 9.17) is 0 Å². The van der Waals surface area contributed by atoms with E-state index in [2.05, 4.69) is 11.8 Å². The number of β-amino-alcohol motifs (C(OH)–C–C–N with tert-alkyl or cyclic N) is 1. The summed E-state index contributed by atoms with van der Waals surface area (Å²) < 4.78 is 0. The van der Waals surface area contributed by atoms with Gasteiger partial charge in [0, 0.05) is 19.6 Å². The van der Waals surface area contributed by atoms with Gasteiger partial charge in [-0.1, -0.05) is 39.0 Å². The first-order chi connectivity index (χ1) is 7.72. The van der Waals surface area contributed by atoms with Gasteiger partial charge >= 0.3 is 0 Å². The Balaban J connectivity index is 1.72. The quantitative estimate of drug-likeness (QED) is 0.744. The van der Waals surface area contributed by atoms with Crippen molar-refractivity contribution in [3.8, 4) is 0 Å². The maximum Gasteiger partial charge on any atom is 0.0774 e. The molecule has 0 amide bonds. The van der Waals surface area contributed by atoms with Gasteiger partial charge in [0.25, 0.3) is 0 Å². The highest BCUT2D eigenvalue weighted by Crippen LogP contribution is 2.30. The van der Waals surface area contributed by atoms with Crippen molar-refractivity contribution in [3.63, 3.8) is 0 Å². The number of rotatable bonds is 4. The molecule has 1 aliphatic carbocycles. The molecule has 0 atom stereocenters. The van der Waals surface area contributed by atoms with Gasteiger partial charge in [-0.05, 0) is 25.2 Å². The topological polar surface area (TPSA) is 23.5 Å². The lowest BCUT2D eigenvalue weighted by Crippen LogP contribution is -2.53. The summed E-state index contributed by atoms with van der Waals surface area (Å²) in [5.41, 5.74) is -0.353. The minimum atomic E-state index is -0.353. The Morgan fingerprint density at radius 3 is 2.31 bits per heavy atom. The van der Waals surface area contributed by atoms with E-state index >= 15 is 0 Å². The monoisotopic (exact) mass is 225 g/mol. The molecule has 0 aromatic carbocycles. The van der Waals surface area contributed by atoms with Gasteiger partial charge in [-0.25, -0.2) is 0 Å². The number of likely N-dealkylation sites (tertiary alicyclic amines) is 1. The molecule has 0 aromatic rings. The van der Waals surface area contributed by atoms with Crippen LogP contribution in [-0.2, 0) is 0 Å². The van der Waals surface area contributed by atoms with Crippen LogP contribution in [0.1, 0.15) is 58.3 Å². The molecule has 1 saturated carbocycles. The van der Waals surface area contributed by atoms with Crippen molar-refractivity contribution in [3.05, 3.63) is 0 Å². The molecule has 2 aliphatic rings. The predicted molar refractivity (Wildman–Crippen MR) is 67.5 cm³/mol. The second-order valence-corrected chi connectivity index (χ2v) is 5.99. The summed E-state index contributed by atoms with van der Waals surface area (Å²) in [4.78, 5) is 2.46. The molecule has 0 aromatic heterocycles. The van der Waals surface area contributed by atoms with Crippen molar-refractivity contribution in [1.82, 2.24) is 4.90 Å². The Morgan fingerprint density at radius 1 is 1.12 bits per heavy atom. The largest absolute Gasteiger partial charge is 0.389 e. The maximum absolute atomic E-state index is 10.6. The molecule has 2 nitrogen and oxygen atoms in total. The molecule has 0 unspecified atom stereocenters. The summed E-state index contributed by atoms with van der Waals surface area (Å²) in [6.07, 6.45) is 9.83. The highest BCUT2D eigenvalue weighted by molar-refractivity contribution is 4.89. The SMILES string of the molecule is CCCC1CN(CC2(O)CCCCCC2)C1. The van der Waals surface area contributed by atoms with Crippen molar-refractivity contribution < 1.29 is 5.11 Å². The Hall–Kier alpha value is -0.0800. The Morgan fingerprint density at radius 2 is 1.75 bits per heavy atom. The highest BCUT2D eigenvalue weighted by atomic mass is 16.3. The van der Waals surface area contributed by atoms with E-state index in [0.717, 1.165) is 25.3 Å². The fourth-order valence-electron chi connectivity index (χ4n) is 3.36. The van der Waals surface area contributed by atoms with Gasteiger partial charge < -0.3 is 5.11 Å². The van der Waals surface area contributed by atoms with Gasteiger partial charge in [0.05, 0.1) is 5.60 Å². The lowest BCUT2D eigenvalue weighted by Gasteiger charge is -2.44. The molecule has 1 heterocycles. The first-order valence-corrected chi connectivity index (χ1v) is 7.16. The molecule has 2 heteroatoms. The summed E-state index contributed by atoms with van der Waals surface area (Å²) in [6.45, 7) is 5.67. The van der Waals surface area contributed by atoms with Crippen molar-refractivity contribution in [2.75, 3.05) is 19.6 Å². The number of hydrogen-bond acceptors (Lipinski definition) is 2. The molecule has 0 spiro atoms. The van der Waals surface area contributed by atoms with Gasteiger partial charge in [-0.2, -0.15) is 0 Å². The van der Waals surface area contributed by atoms with E-state index in [-0.39, 0.29) is 5.60 Å². The standard InChI is InChI=1S/C14H27NO/c1-2-7-13-10-15(11-13)12-14(16)8-5-3-4-6-9-14/h13,16H,2-12H2,1H3. The third-order valence-corrected chi connectivity index (χ3v) is 4.28. The first-order valence-electron chi connectivity index (χ1n) is 7.16. The van der Waals surface area contributed by atoms with Crippen LogP contribution in [0.15, 0.2) is 0 Å². The van der Waals surface area contributed by atoms with Crippen molar-refractivity contribution in [1.29, 1.82) is 0 Å². The molecule has 0 radical (unpaired) electrons. The van der Waals surface area contributed by atoms with E-state index < -0.39 is 0 Å². The summed E-state index contributed by atoms with van der Waals surface area (Å²) in [5.74, 6) is 0.916. The minimum absolute atomic E-state index is 0.353. The Labute approximate surface area is 100 Å². The summed E-state index contributed by atoms with van der Waals surface area (Å²) >= 11 is 0. The van der Waals surface area contributed by atoms with E-state index in [0.29, 0.717) is 0 Å². The third kappa shape index (κ3) is 3.21. The molecule has 1 saturated heterocycles. The van der Waals surface area contributed by atoms with Crippen LogP contribution in [0.4, 0.5) is 0 Å². The number of aliphatic hydroxyl groups is 1. The van der Waals surface area contributed by atoms with Gasteiger partial charge in [0.2, 0.25) is 0 Å². The molecular weight excluding hydrogens is 198 g/mol. The van der Waals surface area contributed by atoms with Gasteiger partial charge in [-0.15, -0.1) is 0 Å². The first kappa shape index (κ1) is 12.4. The molecule has 1 aliphatic heterocycles. The van der Waals surface area contributed by atoms with Gasteiger partial charge in [-0.3, -0.25) is 4.90 Å². The van der Waals surface area contributed by atoms with Crippen LogP contribution < -0.4 is 0 Å². The maximum atomic E-state index is 10.6. The third-order valence-electron chi connectivity index (χ3n) is 4.28. The predicted octanol–water partition coefficient (Wildman–Crippen LogP) is 2.80. The van der Waals surface area contributed by atoms with Crippen LogP contribution in [0.2, 0.25) is 0 Å². The Bertz CT molecular complexity index is 203.